The number of nitrogens with zero attached hydrogens (tertiary/aromatic N) is 3. The predicted molar refractivity (Wildman–Crippen MR) is 128 cm³/mol. The Balaban J connectivity index is 1.33. The fraction of sp³-hybridized carbons (Fsp3) is 0.120. The molecule has 0 aliphatic rings. The van der Waals surface area contributed by atoms with Crippen molar-refractivity contribution in [3.05, 3.63) is 105 Å². The van der Waals surface area contributed by atoms with Crippen molar-refractivity contribution in [3.63, 3.8) is 0 Å². The number of nitro groups is 1. The van der Waals surface area contributed by atoms with E-state index >= 15 is 0 Å². The molecule has 4 rings (SSSR count). The molecule has 0 bridgehead atoms. The molecule has 0 aliphatic heterocycles. The van der Waals surface area contributed by atoms with Gasteiger partial charge in [-0.05, 0) is 68.4 Å². The maximum Gasteiger partial charge on any atom is 0.311 e. The van der Waals surface area contributed by atoms with Crippen LogP contribution in [0.15, 0.2) is 76.2 Å². The van der Waals surface area contributed by atoms with Crippen LogP contribution >= 0.6 is 0 Å². The molecule has 0 atom stereocenters. The summed E-state index contributed by atoms with van der Waals surface area (Å²) in [4.78, 5) is 22.4. The summed E-state index contributed by atoms with van der Waals surface area (Å²) >= 11 is 0. The Labute approximate surface area is 200 Å². The maximum atomic E-state index is 12.3. The number of hydrazone groups is 1. The molecule has 0 spiro atoms. The number of rotatable bonds is 8. The molecular weight excluding hydrogens is 452 g/mol. The Morgan fingerprint density at radius 1 is 1.11 bits per heavy atom. The van der Waals surface area contributed by atoms with Crippen LogP contribution in [-0.2, 0) is 6.61 Å². The molecule has 0 fully saturated rings. The number of carbonyl (C=O) groups is 1. The fourth-order valence-electron chi connectivity index (χ4n) is 3.51. The van der Waals surface area contributed by atoms with Crippen LogP contribution in [0, 0.1) is 24.0 Å². The number of furan rings is 1. The number of benzene rings is 2. The third kappa shape index (κ3) is 5.22. The minimum absolute atomic E-state index is 0.0120. The molecule has 2 heterocycles. The molecule has 0 saturated heterocycles. The van der Waals surface area contributed by atoms with Crippen LogP contribution in [-0.4, -0.2) is 26.7 Å². The minimum Gasteiger partial charge on any atom is -0.502 e. The Kier molecular flexibility index (Phi) is 6.63. The zero-order valence-electron chi connectivity index (χ0n) is 19.0. The number of hydrogen-bond donors (Lipinski definition) is 2. The molecule has 0 aliphatic carbocycles. The second-order valence-corrected chi connectivity index (χ2v) is 7.67. The summed E-state index contributed by atoms with van der Waals surface area (Å²) in [5.74, 6) is -0.0617. The number of aromatic hydroxyl groups is 1. The summed E-state index contributed by atoms with van der Waals surface area (Å²) in [6.45, 7) is 4.22. The maximum absolute atomic E-state index is 12.3. The van der Waals surface area contributed by atoms with Crippen molar-refractivity contribution < 1.29 is 24.0 Å². The highest BCUT2D eigenvalue weighted by atomic mass is 16.6. The number of aryl methyl sites for hydroxylation is 2. The van der Waals surface area contributed by atoms with Gasteiger partial charge in [0.1, 0.15) is 18.1 Å². The van der Waals surface area contributed by atoms with Crippen LogP contribution < -0.4 is 10.2 Å². The van der Waals surface area contributed by atoms with Gasteiger partial charge >= 0.3 is 11.6 Å². The smallest absolute Gasteiger partial charge is 0.311 e. The first kappa shape index (κ1) is 23.3. The third-order valence-corrected chi connectivity index (χ3v) is 5.24. The van der Waals surface area contributed by atoms with Crippen molar-refractivity contribution in [2.45, 2.75) is 20.5 Å². The molecule has 2 N–H and O–H groups in total. The summed E-state index contributed by atoms with van der Waals surface area (Å²) in [5.41, 5.74) is 5.20. The Morgan fingerprint density at radius 3 is 2.51 bits per heavy atom. The van der Waals surface area contributed by atoms with Gasteiger partial charge in [0.15, 0.2) is 5.76 Å². The number of nitro benzene ring substituents is 1. The number of phenols is 1. The summed E-state index contributed by atoms with van der Waals surface area (Å²) < 4.78 is 13.4. The lowest BCUT2D eigenvalue weighted by Gasteiger charge is -2.10. The zero-order valence-corrected chi connectivity index (χ0v) is 19.0. The highest BCUT2D eigenvalue weighted by Crippen LogP contribution is 2.28. The van der Waals surface area contributed by atoms with Gasteiger partial charge in [0.05, 0.1) is 11.1 Å². The van der Waals surface area contributed by atoms with E-state index in [9.17, 15) is 20.0 Å². The van der Waals surface area contributed by atoms with E-state index in [1.54, 1.807) is 6.07 Å². The molecule has 2 aromatic carbocycles. The van der Waals surface area contributed by atoms with E-state index in [0.717, 1.165) is 29.4 Å². The Hall–Kier alpha value is -4.86. The van der Waals surface area contributed by atoms with E-state index < -0.39 is 22.3 Å². The molecule has 10 heteroatoms. The number of ether oxygens (including phenoxy) is 1. The van der Waals surface area contributed by atoms with Gasteiger partial charge in [0.25, 0.3) is 0 Å². The molecular formula is C25H22N4O6. The van der Waals surface area contributed by atoms with Crippen molar-refractivity contribution >= 4 is 17.8 Å². The van der Waals surface area contributed by atoms with Gasteiger partial charge in [-0.3, -0.25) is 14.9 Å². The average molecular weight is 474 g/mol. The highest BCUT2D eigenvalue weighted by Gasteiger charge is 2.15. The lowest BCUT2D eigenvalue weighted by atomic mass is 10.2. The van der Waals surface area contributed by atoms with E-state index in [-0.39, 0.29) is 17.9 Å². The Bertz CT molecular complexity index is 1380. The number of phenolic OH excluding ortho intramolecular Hbond substituents is 1. The van der Waals surface area contributed by atoms with Crippen molar-refractivity contribution in [1.82, 2.24) is 9.99 Å². The van der Waals surface area contributed by atoms with E-state index in [1.807, 2.05) is 38.1 Å². The molecule has 178 valence electrons. The van der Waals surface area contributed by atoms with Crippen molar-refractivity contribution in [1.29, 1.82) is 0 Å². The predicted octanol–water partition coefficient (Wildman–Crippen LogP) is 4.64. The van der Waals surface area contributed by atoms with Crippen LogP contribution in [0.2, 0.25) is 0 Å². The molecule has 4 aromatic rings. The lowest BCUT2D eigenvalue weighted by molar-refractivity contribution is -0.385. The van der Waals surface area contributed by atoms with Crippen LogP contribution in [0.5, 0.6) is 11.5 Å². The van der Waals surface area contributed by atoms with Crippen LogP contribution in [0.3, 0.4) is 0 Å². The molecule has 10 nitrogen and oxygen atoms in total. The second-order valence-electron chi connectivity index (χ2n) is 7.67. The molecule has 0 saturated carbocycles. The van der Waals surface area contributed by atoms with Crippen LogP contribution in [0.1, 0.15) is 33.3 Å². The third-order valence-electron chi connectivity index (χ3n) is 5.24. The largest absolute Gasteiger partial charge is 0.502 e. The normalized spacial score (nSPS) is 11.0. The highest BCUT2D eigenvalue weighted by molar-refractivity contribution is 5.93. The summed E-state index contributed by atoms with van der Waals surface area (Å²) in [5, 5.41) is 24.5. The van der Waals surface area contributed by atoms with E-state index in [1.165, 1.54) is 18.2 Å². The first-order valence-corrected chi connectivity index (χ1v) is 10.6. The summed E-state index contributed by atoms with van der Waals surface area (Å²) in [6, 6.07) is 18.9. The fourth-order valence-corrected chi connectivity index (χ4v) is 3.51. The monoisotopic (exact) mass is 474 g/mol. The number of amides is 1. The number of para-hydroxylation sites is 1. The first-order valence-electron chi connectivity index (χ1n) is 10.6. The topological polar surface area (TPSA) is 132 Å². The Morgan fingerprint density at radius 2 is 1.83 bits per heavy atom. The zero-order chi connectivity index (χ0) is 24.9. The number of carbonyl (C=O) groups excluding carboxylic acids is 1. The molecule has 2 aromatic heterocycles. The second kappa shape index (κ2) is 9.96. The van der Waals surface area contributed by atoms with Crippen molar-refractivity contribution in [3.8, 4) is 17.2 Å². The van der Waals surface area contributed by atoms with Gasteiger partial charge in [0, 0.05) is 28.7 Å². The summed E-state index contributed by atoms with van der Waals surface area (Å²) in [6.07, 6.45) is 1.10. The van der Waals surface area contributed by atoms with Gasteiger partial charge < -0.3 is 18.8 Å². The average Bonchev–Trinajstić information content (AvgIpc) is 3.45. The first-order chi connectivity index (χ1) is 16.8. The molecule has 0 unspecified atom stereocenters. The quantitative estimate of drug-likeness (QED) is 0.217. The van der Waals surface area contributed by atoms with Gasteiger partial charge in [-0.25, -0.2) is 5.43 Å². The standard InChI is InChI=1S/C25H22N4O6/c1-16-6-7-17(2)28(16)19-8-10-20(11-9-19)34-15-21-12-13-23(35-21)25(31)27-26-14-18-4-3-5-22(24(18)30)29(32)33/h3-14,30H,15H2,1-2H3,(H,27,31). The molecule has 0 radical (unpaired) electrons. The minimum atomic E-state index is -0.712. The summed E-state index contributed by atoms with van der Waals surface area (Å²) in [7, 11) is 0. The van der Waals surface area contributed by atoms with Gasteiger partial charge in [-0.15, -0.1) is 0 Å². The molecule has 35 heavy (non-hydrogen) atoms. The van der Waals surface area contributed by atoms with Crippen LogP contribution in [0.4, 0.5) is 5.69 Å². The van der Waals surface area contributed by atoms with Gasteiger partial charge in [-0.1, -0.05) is 6.07 Å². The number of nitrogens with one attached hydrogen (secondary N) is 1. The van der Waals surface area contributed by atoms with E-state index in [0.29, 0.717) is 11.5 Å². The van der Waals surface area contributed by atoms with E-state index in [2.05, 4.69) is 27.2 Å². The van der Waals surface area contributed by atoms with E-state index in [4.69, 9.17) is 9.15 Å². The molecule has 1 amide bonds. The number of hydrogen-bond acceptors (Lipinski definition) is 7. The SMILES string of the molecule is Cc1ccc(C)n1-c1ccc(OCc2ccc(C(=O)NN=Cc3cccc([N+](=O)[O-])c3O)o2)cc1. The van der Waals surface area contributed by atoms with Gasteiger partial charge in [0.2, 0.25) is 5.75 Å². The van der Waals surface area contributed by atoms with Crippen molar-refractivity contribution in [2.24, 2.45) is 5.10 Å². The van der Waals surface area contributed by atoms with Gasteiger partial charge in [-0.2, -0.15) is 5.10 Å². The lowest BCUT2D eigenvalue weighted by Crippen LogP contribution is -2.16. The van der Waals surface area contributed by atoms with Crippen molar-refractivity contribution in [2.75, 3.05) is 0 Å². The van der Waals surface area contributed by atoms with Crippen LogP contribution in [0.25, 0.3) is 5.69 Å². The number of aromatic nitrogens is 1.